The van der Waals surface area contributed by atoms with E-state index in [1.807, 2.05) is 18.2 Å². The Bertz CT molecular complexity index is 494. The van der Waals surface area contributed by atoms with Gasteiger partial charge in [0.1, 0.15) is 0 Å². The van der Waals surface area contributed by atoms with E-state index < -0.39 is 0 Å². The molecule has 0 amide bonds. The van der Waals surface area contributed by atoms with E-state index in [1.165, 1.54) is 5.56 Å². The van der Waals surface area contributed by atoms with Gasteiger partial charge in [-0.1, -0.05) is 6.07 Å². The summed E-state index contributed by atoms with van der Waals surface area (Å²) in [6.07, 6.45) is 4.06. The molecule has 0 unspecified atom stereocenters. The molecule has 19 heavy (non-hydrogen) atoms. The van der Waals surface area contributed by atoms with Crippen molar-refractivity contribution >= 4 is 5.78 Å². The monoisotopic (exact) mass is 261 g/mol. The molecule has 1 aliphatic carbocycles. The first-order valence-corrected chi connectivity index (χ1v) is 6.41. The van der Waals surface area contributed by atoms with Crippen LogP contribution in [-0.4, -0.2) is 26.5 Å². The largest absolute Gasteiger partial charge is 0.493 e. The van der Waals surface area contributed by atoms with Gasteiger partial charge in [-0.25, -0.2) is 0 Å². The summed E-state index contributed by atoms with van der Waals surface area (Å²) >= 11 is 0. The smallest absolute Gasteiger partial charge is 0.160 e. The van der Waals surface area contributed by atoms with Crippen LogP contribution in [0, 0.1) is 0 Å². The molecule has 0 bridgehead atoms. The Morgan fingerprint density at radius 3 is 2.58 bits per heavy atom. The third-order valence-electron chi connectivity index (χ3n) is 3.19. The quantitative estimate of drug-likeness (QED) is 0.851. The first kappa shape index (κ1) is 13.5. The van der Waals surface area contributed by atoms with Crippen LogP contribution >= 0.6 is 0 Å². The number of hydrogen-bond donors (Lipinski definition) is 1. The summed E-state index contributed by atoms with van der Waals surface area (Å²) < 4.78 is 10.5. The highest BCUT2D eigenvalue weighted by Gasteiger charge is 2.11. The van der Waals surface area contributed by atoms with E-state index in [-0.39, 0.29) is 5.78 Å². The lowest BCUT2D eigenvalue weighted by atomic mass is 10.1. The standard InChI is InChI=1S/C15H19NO3/c1-18-14-6-3-11(9-15(14)19-2)7-8-16-12-4-5-13(17)10-12/h3,6,9-10,16H,4-5,7-8H2,1-2H3. The highest BCUT2D eigenvalue weighted by molar-refractivity contribution is 5.92. The number of ether oxygens (including phenoxy) is 2. The number of methoxy groups -OCH3 is 2. The van der Waals surface area contributed by atoms with Gasteiger partial charge in [-0.15, -0.1) is 0 Å². The summed E-state index contributed by atoms with van der Waals surface area (Å²) in [7, 11) is 3.26. The van der Waals surface area contributed by atoms with Crippen LogP contribution in [-0.2, 0) is 11.2 Å². The number of allylic oxidation sites excluding steroid dienone is 2. The Labute approximate surface area is 113 Å². The van der Waals surface area contributed by atoms with Crippen LogP contribution in [0.4, 0.5) is 0 Å². The van der Waals surface area contributed by atoms with Crippen molar-refractivity contribution in [2.24, 2.45) is 0 Å². The van der Waals surface area contributed by atoms with Crippen LogP contribution in [0.25, 0.3) is 0 Å². The van der Waals surface area contributed by atoms with Gasteiger partial charge in [-0.2, -0.15) is 0 Å². The van der Waals surface area contributed by atoms with E-state index >= 15 is 0 Å². The second kappa shape index (κ2) is 6.27. The number of carbonyl (C=O) groups is 1. The fourth-order valence-corrected chi connectivity index (χ4v) is 2.14. The van der Waals surface area contributed by atoms with Crippen molar-refractivity contribution < 1.29 is 14.3 Å². The molecule has 102 valence electrons. The van der Waals surface area contributed by atoms with Crippen LogP contribution in [0.1, 0.15) is 18.4 Å². The van der Waals surface area contributed by atoms with E-state index in [4.69, 9.17) is 9.47 Å². The molecule has 4 nitrogen and oxygen atoms in total. The van der Waals surface area contributed by atoms with E-state index in [0.717, 1.165) is 36.6 Å². The van der Waals surface area contributed by atoms with E-state index in [9.17, 15) is 4.79 Å². The fraction of sp³-hybridized carbons (Fsp3) is 0.400. The first-order valence-electron chi connectivity index (χ1n) is 6.41. The Morgan fingerprint density at radius 2 is 1.95 bits per heavy atom. The van der Waals surface area contributed by atoms with Crippen molar-refractivity contribution in [1.82, 2.24) is 5.32 Å². The number of hydrogen-bond acceptors (Lipinski definition) is 4. The maximum absolute atomic E-state index is 11.1. The predicted octanol–water partition coefficient (Wildman–Crippen LogP) is 2.08. The summed E-state index contributed by atoms with van der Waals surface area (Å²) in [5, 5.41) is 3.29. The van der Waals surface area contributed by atoms with Crippen molar-refractivity contribution in [3.63, 3.8) is 0 Å². The van der Waals surface area contributed by atoms with Gasteiger partial charge >= 0.3 is 0 Å². The number of carbonyl (C=O) groups excluding carboxylic acids is 1. The van der Waals surface area contributed by atoms with Crippen molar-refractivity contribution in [3.8, 4) is 11.5 Å². The van der Waals surface area contributed by atoms with Crippen molar-refractivity contribution in [2.45, 2.75) is 19.3 Å². The molecule has 0 spiro atoms. The molecule has 1 N–H and O–H groups in total. The second-order valence-electron chi connectivity index (χ2n) is 4.50. The Hall–Kier alpha value is -1.97. The van der Waals surface area contributed by atoms with Crippen LogP contribution in [0.5, 0.6) is 11.5 Å². The Kier molecular flexibility index (Phi) is 4.44. The molecule has 0 atom stereocenters. The molecule has 2 rings (SSSR count). The lowest BCUT2D eigenvalue weighted by Gasteiger charge is -2.10. The molecule has 4 heteroatoms. The first-order chi connectivity index (χ1) is 9.22. The summed E-state index contributed by atoms with van der Waals surface area (Å²) in [4.78, 5) is 11.1. The zero-order chi connectivity index (χ0) is 13.7. The molecule has 0 fully saturated rings. The van der Waals surface area contributed by atoms with Crippen LogP contribution < -0.4 is 14.8 Å². The topological polar surface area (TPSA) is 47.6 Å². The van der Waals surface area contributed by atoms with Gasteiger partial charge in [0.2, 0.25) is 0 Å². The van der Waals surface area contributed by atoms with Gasteiger partial charge in [-0.05, 0) is 30.5 Å². The fourth-order valence-electron chi connectivity index (χ4n) is 2.14. The average Bonchev–Trinajstić information content (AvgIpc) is 2.84. The number of nitrogens with one attached hydrogen (secondary N) is 1. The van der Waals surface area contributed by atoms with Gasteiger partial charge in [-0.3, -0.25) is 4.79 Å². The molecule has 0 radical (unpaired) electrons. The van der Waals surface area contributed by atoms with Crippen LogP contribution in [0.2, 0.25) is 0 Å². The molecule has 1 aliphatic rings. The van der Waals surface area contributed by atoms with Gasteiger partial charge in [0, 0.05) is 24.7 Å². The zero-order valence-electron chi connectivity index (χ0n) is 11.4. The van der Waals surface area contributed by atoms with Gasteiger partial charge in [0.25, 0.3) is 0 Å². The second-order valence-corrected chi connectivity index (χ2v) is 4.50. The van der Waals surface area contributed by atoms with Crippen molar-refractivity contribution in [1.29, 1.82) is 0 Å². The zero-order valence-corrected chi connectivity index (χ0v) is 11.4. The van der Waals surface area contributed by atoms with Crippen LogP contribution in [0.3, 0.4) is 0 Å². The summed E-state index contributed by atoms with van der Waals surface area (Å²) in [5.74, 6) is 1.70. The van der Waals surface area contributed by atoms with Gasteiger partial charge in [0.05, 0.1) is 14.2 Å². The minimum atomic E-state index is 0.216. The molecule has 0 aliphatic heterocycles. The Morgan fingerprint density at radius 1 is 1.16 bits per heavy atom. The molecule has 1 aromatic carbocycles. The highest BCUT2D eigenvalue weighted by Crippen LogP contribution is 2.27. The lowest BCUT2D eigenvalue weighted by Crippen LogP contribution is -2.15. The highest BCUT2D eigenvalue weighted by atomic mass is 16.5. The third kappa shape index (κ3) is 3.50. The summed E-state index contributed by atoms with van der Waals surface area (Å²) in [6.45, 7) is 0.814. The van der Waals surface area contributed by atoms with Crippen LogP contribution in [0.15, 0.2) is 30.0 Å². The third-order valence-corrected chi connectivity index (χ3v) is 3.19. The molecule has 0 heterocycles. The Balaban J connectivity index is 1.89. The average molecular weight is 261 g/mol. The minimum Gasteiger partial charge on any atom is -0.493 e. The maximum Gasteiger partial charge on any atom is 0.160 e. The van der Waals surface area contributed by atoms with E-state index in [0.29, 0.717) is 6.42 Å². The molecule has 0 saturated heterocycles. The molecule has 1 aromatic rings. The molecular weight excluding hydrogens is 242 g/mol. The van der Waals surface area contributed by atoms with Crippen molar-refractivity contribution in [3.05, 3.63) is 35.5 Å². The molecule has 0 aromatic heterocycles. The van der Waals surface area contributed by atoms with E-state index in [2.05, 4.69) is 5.32 Å². The van der Waals surface area contributed by atoms with E-state index in [1.54, 1.807) is 20.3 Å². The minimum absolute atomic E-state index is 0.216. The summed E-state index contributed by atoms with van der Waals surface area (Å²) in [5.41, 5.74) is 2.22. The molecular formula is C15H19NO3. The number of rotatable bonds is 6. The molecule has 0 saturated carbocycles. The SMILES string of the molecule is COc1ccc(CCNC2=CC(=O)CC2)cc1OC. The number of benzene rings is 1. The van der Waals surface area contributed by atoms with Crippen molar-refractivity contribution in [2.75, 3.05) is 20.8 Å². The van der Waals surface area contributed by atoms with Gasteiger partial charge < -0.3 is 14.8 Å². The predicted molar refractivity (Wildman–Crippen MR) is 73.6 cm³/mol. The lowest BCUT2D eigenvalue weighted by molar-refractivity contribution is -0.114. The summed E-state index contributed by atoms with van der Waals surface area (Å²) in [6, 6.07) is 5.92. The van der Waals surface area contributed by atoms with Gasteiger partial charge in [0.15, 0.2) is 17.3 Å². The maximum atomic E-state index is 11.1. The number of ketones is 1. The normalized spacial score (nSPS) is 14.2.